The fourth-order valence-corrected chi connectivity index (χ4v) is 2.19. The molecule has 1 aliphatic heterocycles. The van der Waals surface area contributed by atoms with Gasteiger partial charge in [0, 0.05) is 6.08 Å². The van der Waals surface area contributed by atoms with E-state index >= 15 is 0 Å². The molecule has 0 aromatic heterocycles. The summed E-state index contributed by atoms with van der Waals surface area (Å²) in [5.74, 6) is -3.39. The molecule has 0 saturated heterocycles. The zero-order chi connectivity index (χ0) is 17.9. The van der Waals surface area contributed by atoms with Crippen molar-refractivity contribution in [1.29, 1.82) is 0 Å². The summed E-state index contributed by atoms with van der Waals surface area (Å²) in [6.07, 6.45) is 3.60. The van der Waals surface area contributed by atoms with Gasteiger partial charge in [0.2, 0.25) is 5.75 Å². The first kappa shape index (κ1) is 17.3. The molecule has 0 unspecified atom stereocenters. The van der Waals surface area contributed by atoms with Crippen LogP contribution in [0.4, 0.5) is 0 Å². The average Bonchev–Trinajstić information content (AvgIpc) is 2.52. The predicted molar refractivity (Wildman–Crippen MR) is 83.6 cm³/mol. The maximum atomic E-state index is 12.1. The third kappa shape index (κ3) is 3.45. The van der Waals surface area contributed by atoms with E-state index in [1.54, 1.807) is 0 Å². The van der Waals surface area contributed by atoms with Crippen LogP contribution < -0.4 is 9.47 Å². The highest BCUT2D eigenvalue weighted by Gasteiger charge is 2.36. The number of allylic oxidation sites excluding steroid dienone is 3. The van der Waals surface area contributed by atoms with E-state index in [2.05, 4.69) is 0 Å². The zero-order valence-corrected chi connectivity index (χ0v) is 13.4. The van der Waals surface area contributed by atoms with Gasteiger partial charge in [-0.2, -0.15) is 0 Å². The molecule has 0 spiro atoms. The second kappa shape index (κ2) is 6.99. The summed E-state index contributed by atoms with van der Waals surface area (Å²) in [4.78, 5) is 35.6. The third-order valence-corrected chi connectivity index (χ3v) is 3.35. The SMILES string of the molecule is COc1cc(/C=C/C(=O)[C@@H]2C(=O)C=C(C)OC2=O)cc(OC)c1O. The number of rotatable bonds is 5. The van der Waals surface area contributed by atoms with Crippen molar-refractivity contribution in [1.82, 2.24) is 0 Å². The molecule has 2 rings (SSSR count). The van der Waals surface area contributed by atoms with Crippen LogP contribution in [-0.4, -0.2) is 36.9 Å². The number of carbonyl (C=O) groups is 3. The average molecular weight is 332 g/mol. The van der Waals surface area contributed by atoms with Crippen LogP contribution >= 0.6 is 0 Å². The molecule has 1 heterocycles. The fraction of sp³-hybridized carbons (Fsp3) is 0.235. The number of carbonyl (C=O) groups excluding carboxylic acids is 3. The molecule has 1 aliphatic rings. The highest BCUT2D eigenvalue weighted by molar-refractivity contribution is 6.25. The molecule has 0 saturated carbocycles. The van der Waals surface area contributed by atoms with Gasteiger partial charge in [-0.15, -0.1) is 0 Å². The normalized spacial score (nSPS) is 17.5. The molecule has 0 amide bonds. The number of hydrogen-bond donors (Lipinski definition) is 1. The zero-order valence-electron chi connectivity index (χ0n) is 13.4. The van der Waals surface area contributed by atoms with Crippen molar-refractivity contribution >= 4 is 23.6 Å². The Kier molecular flexibility index (Phi) is 5.03. The fourth-order valence-electron chi connectivity index (χ4n) is 2.19. The Morgan fingerprint density at radius 2 is 1.79 bits per heavy atom. The van der Waals surface area contributed by atoms with Gasteiger partial charge >= 0.3 is 5.97 Å². The molecule has 1 N–H and O–H groups in total. The van der Waals surface area contributed by atoms with Gasteiger partial charge in [-0.3, -0.25) is 14.4 Å². The summed E-state index contributed by atoms with van der Waals surface area (Å²) in [6, 6.07) is 2.96. The minimum atomic E-state index is -1.49. The van der Waals surface area contributed by atoms with Gasteiger partial charge in [0.1, 0.15) is 5.76 Å². The number of esters is 1. The Morgan fingerprint density at radius 3 is 2.29 bits per heavy atom. The molecule has 7 heteroatoms. The summed E-state index contributed by atoms with van der Waals surface area (Å²) < 4.78 is 14.8. The van der Waals surface area contributed by atoms with Gasteiger partial charge in [-0.05, 0) is 30.7 Å². The number of methoxy groups -OCH3 is 2. The van der Waals surface area contributed by atoms with E-state index in [1.165, 1.54) is 39.4 Å². The van der Waals surface area contributed by atoms with Crippen LogP contribution in [0.3, 0.4) is 0 Å². The molecular formula is C17H16O7. The van der Waals surface area contributed by atoms with Crippen molar-refractivity contribution in [3.05, 3.63) is 35.6 Å². The number of cyclic esters (lactones) is 1. The Bertz CT molecular complexity index is 733. The minimum Gasteiger partial charge on any atom is -0.502 e. The Balaban J connectivity index is 2.26. The summed E-state index contributed by atoms with van der Waals surface area (Å²) in [5.41, 5.74) is 0.484. The first-order chi connectivity index (χ1) is 11.4. The van der Waals surface area contributed by atoms with Crippen molar-refractivity contribution in [2.24, 2.45) is 5.92 Å². The highest BCUT2D eigenvalue weighted by atomic mass is 16.5. The predicted octanol–water partition coefficient (Wildman–Crippen LogP) is 1.64. The number of benzene rings is 1. The second-order valence-electron chi connectivity index (χ2n) is 5.02. The van der Waals surface area contributed by atoms with Crippen molar-refractivity contribution in [2.75, 3.05) is 14.2 Å². The van der Waals surface area contributed by atoms with E-state index in [-0.39, 0.29) is 23.0 Å². The summed E-state index contributed by atoms with van der Waals surface area (Å²) >= 11 is 0. The lowest BCUT2D eigenvalue weighted by Gasteiger charge is -2.15. The monoisotopic (exact) mass is 332 g/mol. The second-order valence-corrected chi connectivity index (χ2v) is 5.02. The largest absolute Gasteiger partial charge is 0.502 e. The van der Waals surface area contributed by atoms with E-state index < -0.39 is 23.5 Å². The number of phenolic OH excluding ortho intramolecular Hbond substituents is 1. The molecule has 1 aromatic carbocycles. The molecule has 0 radical (unpaired) electrons. The van der Waals surface area contributed by atoms with Crippen LogP contribution in [0.1, 0.15) is 12.5 Å². The van der Waals surface area contributed by atoms with Gasteiger partial charge < -0.3 is 19.3 Å². The Morgan fingerprint density at radius 1 is 1.21 bits per heavy atom. The summed E-state index contributed by atoms with van der Waals surface area (Å²) in [7, 11) is 2.75. The Hall–Kier alpha value is -3.09. The van der Waals surface area contributed by atoms with Gasteiger partial charge in [-0.25, -0.2) is 0 Å². The topological polar surface area (TPSA) is 99.1 Å². The maximum absolute atomic E-state index is 12.1. The van der Waals surface area contributed by atoms with Crippen molar-refractivity contribution in [3.63, 3.8) is 0 Å². The van der Waals surface area contributed by atoms with Gasteiger partial charge in [-0.1, -0.05) is 6.08 Å². The number of ether oxygens (including phenoxy) is 3. The lowest BCUT2D eigenvalue weighted by atomic mass is 9.96. The van der Waals surface area contributed by atoms with E-state index in [0.717, 1.165) is 12.2 Å². The first-order valence-electron chi connectivity index (χ1n) is 6.98. The quantitative estimate of drug-likeness (QED) is 0.497. The summed E-state index contributed by atoms with van der Waals surface area (Å²) in [5, 5.41) is 9.84. The van der Waals surface area contributed by atoms with E-state index in [0.29, 0.717) is 5.56 Å². The number of hydrogen-bond acceptors (Lipinski definition) is 7. The molecular weight excluding hydrogens is 316 g/mol. The molecule has 7 nitrogen and oxygen atoms in total. The lowest BCUT2D eigenvalue weighted by Crippen LogP contribution is -2.34. The molecule has 1 atom stereocenters. The molecule has 1 aromatic rings. The van der Waals surface area contributed by atoms with Crippen LogP contribution in [0.15, 0.2) is 30.0 Å². The van der Waals surface area contributed by atoms with Crippen LogP contribution in [-0.2, 0) is 19.1 Å². The standard InChI is InChI=1S/C17H16O7/c1-9-6-12(19)15(17(21)24-9)11(18)5-4-10-7-13(22-2)16(20)14(8-10)23-3/h4-8,15,20H,1-3H3/b5-4+/t15-/m1/s1. The maximum Gasteiger partial charge on any atom is 0.329 e. The first-order valence-corrected chi connectivity index (χ1v) is 6.98. The van der Waals surface area contributed by atoms with Crippen molar-refractivity contribution in [2.45, 2.75) is 6.92 Å². The Labute approximate surface area is 138 Å². The van der Waals surface area contributed by atoms with Gasteiger partial charge in [0.05, 0.1) is 14.2 Å². The highest BCUT2D eigenvalue weighted by Crippen LogP contribution is 2.37. The molecule has 0 bridgehead atoms. The van der Waals surface area contributed by atoms with Crippen molar-refractivity contribution < 1.29 is 33.7 Å². The van der Waals surface area contributed by atoms with Crippen LogP contribution in [0.25, 0.3) is 6.08 Å². The number of ketones is 2. The van der Waals surface area contributed by atoms with Crippen LogP contribution in [0, 0.1) is 5.92 Å². The van der Waals surface area contributed by atoms with Gasteiger partial charge in [0.15, 0.2) is 29.0 Å². The lowest BCUT2D eigenvalue weighted by molar-refractivity contribution is -0.151. The molecule has 24 heavy (non-hydrogen) atoms. The van der Waals surface area contributed by atoms with Crippen LogP contribution in [0.5, 0.6) is 17.2 Å². The van der Waals surface area contributed by atoms with E-state index in [4.69, 9.17) is 14.2 Å². The number of aromatic hydroxyl groups is 1. The minimum absolute atomic E-state index is 0.158. The van der Waals surface area contributed by atoms with Crippen LogP contribution in [0.2, 0.25) is 0 Å². The smallest absolute Gasteiger partial charge is 0.329 e. The van der Waals surface area contributed by atoms with Gasteiger partial charge in [0.25, 0.3) is 0 Å². The molecule has 0 fully saturated rings. The molecule has 0 aliphatic carbocycles. The number of phenols is 1. The summed E-state index contributed by atoms with van der Waals surface area (Å²) in [6.45, 7) is 1.46. The third-order valence-electron chi connectivity index (χ3n) is 3.35. The van der Waals surface area contributed by atoms with E-state index in [9.17, 15) is 19.5 Å². The van der Waals surface area contributed by atoms with E-state index in [1.807, 2.05) is 0 Å². The van der Waals surface area contributed by atoms with Crippen molar-refractivity contribution in [3.8, 4) is 17.2 Å². The molecule has 126 valence electrons.